The number of hydrogen-bond acceptors (Lipinski definition) is 6. The van der Waals surface area contributed by atoms with Gasteiger partial charge in [-0.15, -0.1) is 5.10 Å². The summed E-state index contributed by atoms with van der Waals surface area (Å²) in [6, 6.07) is 7.49. The number of carboxylic acids is 1. The predicted octanol–water partition coefficient (Wildman–Crippen LogP) is 3.25. The zero-order chi connectivity index (χ0) is 23.6. The summed E-state index contributed by atoms with van der Waals surface area (Å²) < 4.78 is 12.8. The molecular formula is C23H32N4O5. The standard InChI is InChI=1S/C23H32N4O5/c1-14(2)15-6-8-16(9-7-15)27-17-10-11-26(22(30)32-23(3,4)5)18(12-24)20(17)21(25-27)31-13-19(28)29/h6-9,14,18H,10-13,24H2,1-5H3,(H,28,29)/t18-/m0/s1. The van der Waals surface area contributed by atoms with E-state index in [4.69, 9.17) is 20.3 Å². The van der Waals surface area contributed by atoms with Crippen LogP contribution in [0.25, 0.3) is 5.69 Å². The summed E-state index contributed by atoms with van der Waals surface area (Å²) in [6.07, 6.45) is 0.0253. The molecule has 3 N–H and O–H groups in total. The molecule has 1 aromatic carbocycles. The molecule has 2 aromatic rings. The Kier molecular flexibility index (Phi) is 6.78. The highest BCUT2D eigenvalue weighted by molar-refractivity contribution is 5.70. The smallest absolute Gasteiger partial charge is 0.410 e. The number of amides is 1. The van der Waals surface area contributed by atoms with E-state index in [9.17, 15) is 9.59 Å². The number of nitrogens with zero attached hydrogens (tertiary/aromatic N) is 3. The average molecular weight is 445 g/mol. The van der Waals surface area contributed by atoms with Gasteiger partial charge in [0.25, 0.3) is 0 Å². The molecule has 1 aromatic heterocycles. The fraction of sp³-hybridized carbons (Fsp3) is 0.522. The van der Waals surface area contributed by atoms with Crippen LogP contribution in [0, 0.1) is 0 Å². The van der Waals surface area contributed by atoms with E-state index in [1.54, 1.807) is 30.4 Å². The van der Waals surface area contributed by atoms with Gasteiger partial charge in [-0.2, -0.15) is 0 Å². The van der Waals surface area contributed by atoms with Crippen LogP contribution in [-0.2, 0) is 16.0 Å². The molecule has 9 heteroatoms. The monoisotopic (exact) mass is 444 g/mol. The Morgan fingerprint density at radius 3 is 2.44 bits per heavy atom. The summed E-state index contributed by atoms with van der Waals surface area (Å²) in [4.78, 5) is 25.5. The van der Waals surface area contributed by atoms with Gasteiger partial charge in [-0.3, -0.25) is 4.90 Å². The summed E-state index contributed by atoms with van der Waals surface area (Å²) in [7, 11) is 0. The Balaban J connectivity index is 2.04. The third kappa shape index (κ3) is 5.04. The molecule has 0 saturated heterocycles. The number of nitrogens with two attached hydrogens (primary N) is 1. The molecule has 174 valence electrons. The van der Waals surface area contributed by atoms with Crippen LogP contribution < -0.4 is 10.5 Å². The Hall–Kier alpha value is -3.07. The van der Waals surface area contributed by atoms with Crippen LogP contribution in [0.3, 0.4) is 0 Å². The maximum Gasteiger partial charge on any atom is 0.410 e. The van der Waals surface area contributed by atoms with Crippen LogP contribution in [-0.4, -0.2) is 57.1 Å². The van der Waals surface area contributed by atoms with Crippen molar-refractivity contribution in [3.63, 3.8) is 0 Å². The zero-order valence-corrected chi connectivity index (χ0v) is 19.3. The van der Waals surface area contributed by atoms with Crippen LogP contribution in [0.15, 0.2) is 24.3 Å². The Morgan fingerprint density at radius 1 is 1.25 bits per heavy atom. The molecule has 1 aliphatic heterocycles. The molecule has 1 amide bonds. The van der Waals surface area contributed by atoms with Gasteiger partial charge in [-0.05, 0) is 44.4 Å². The lowest BCUT2D eigenvalue weighted by Crippen LogP contribution is -2.45. The lowest BCUT2D eigenvalue weighted by molar-refractivity contribution is -0.139. The first kappa shape index (κ1) is 23.6. The van der Waals surface area contributed by atoms with Crippen molar-refractivity contribution in [1.29, 1.82) is 0 Å². The van der Waals surface area contributed by atoms with Crippen molar-refractivity contribution in [2.24, 2.45) is 5.73 Å². The van der Waals surface area contributed by atoms with Crippen LogP contribution in [0.4, 0.5) is 4.79 Å². The van der Waals surface area contributed by atoms with E-state index in [0.717, 1.165) is 11.4 Å². The first-order valence-corrected chi connectivity index (χ1v) is 10.8. The molecule has 0 fully saturated rings. The summed E-state index contributed by atoms with van der Waals surface area (Å²) in [6.45, 7) is 9.64. The molecule has 32 heavy (non-hydrogen) atoms. The molecule has 2 heterocycles. The van der Waals surface area contributed by atoms with Gasteiger partial charge < -0.3 is 20.3 Å². The number of hydrogen-bond donors (Lipinski definition) is 2. The van der Waals surface area contributed by atoms with Gasteiger partial charge in [0.05, 0.1) is 23.0 Å². The van der Waals surface area contributed by atoms with Crippen molar-refractivity contribution in [2.75, 3.05) is 19.7 Å². The maximum absolute atomic E-state index is 12.8. The number of aromatic nitrogens is 2. The lowest BCUT2D eigenvalue weighted by Gasteiger charge is -2.36. The SMILES string of the molecule is CC(C)c1ccc(-n2nc(OCC(=O)O)c3c2CCN(C(=O)OC(C)(C)C)[C@H]3CN)cc1. The van der Waals surface area contributed by atoms with Crippen molar-refractivity contribution in [3.8, 4) is 11.6 Å². The Bertz CT molecular complexity index is 976. The van der Waals surface area contributed by atoms with E-state index in [1.165, 1.54) is 5.56 Å². The van der Waals surface area contributed by atoms with E-state index in [-0.39, 0.29) is 12.4 Å². The largest absolute Gasteiger partial charge is 0.479 e. The van der Waals surface area contributed by atoms with Crippen LogP contribution in [0.5, 0.6) is 5.88 Å². The van der Waals surface area contributed by atoms with Gasteiger partial charge in [0.1, 0.15) is 5.60 Å². The second-order valence-electron chi connectivity index (χ2n) is 9.18. The van der Waals surface area contributed by atoms with E-state index < -0.39 is 30.3 Å². The highest BCUT2D eigenvalue weighted by Crippen LogP contribution is 2.38. The van der Waals surface area contributed by atoms with Crippen molar-refractivity contribution in [2.45, 2.75) is 58.6 Å². The number of carboxylic acid groups (broad SMARTS) is 1. The highest BCUT2D eigenvalue weighted by atomic mass is 16.6. The molecule has 0 aliphatic carbocycles. The van der Waals surface area contributed by atoms with E-state index in [0.29, 0.717) is 24.4 Å². The van der Waals surface area contributed by atoms with Gasteiger partial charge in [0.15, 0.2) is 6.61 Å². The maximum atomic E-state index is 12.8. The third-order valence-corrected chi connectivity index (χ3v) is 5.27. The quantitative estimate of drug-likeness (QED) is 0.702. The minimum Gasteiger partial charge on any atom is -0.479 e. The topological polar surface area (TPSA) is 120 Å². The van der Waals surface area contributed by atoms with Gasteiger partial charge in [0, 0.05) is 19.5 Å². The Morgan fingerprint density at radius 2 is 1.91 bits per heavy atom. The minimum absolute atomic E-state index is 0.119. The number of aliphatic carboxylic acids is 1. The Labute approximate surface area is 188 Å². The average Bonchev–Trinajstić information content (AvgIpc) is 3.09. The number of carbonyl (C=O) groups excluding carboxylic acids is 1. The van der Waals surface area contributed by atoms with Gasteiger partial charge in [-0.1, -0.05) is 26.0 Å². The van der Waals surface area contributed by atoms with Crippen molar-refractivity contribution < 1.29 is 24.2 Å². The zero-order valence-electron chi connectivity index (χ0n) is 19.3. The third-order valence-electron chi connectivity index (χ3n) is 5.27. The van der Waals surface area contributed by atoms with E-state index >= 15 is 0 Å². The molecule has 9 nitrogen and oxygen atoms in total. The van der Waals surface area contributed by atoms with Crippen LogP contribution >= 0.6 is 0 Å². The highest BCUT2D eigenvalue weighted by Gasteiger charge is 2.38. The second-order valence-corrected chi connectivity index (χ2v) is 9.18. The normalized spacial score (nSPS) is 16.1. The van der Waals surface area contributed by atoms with Gasteiger partial charge in [-0.25, -0.2) is 14.3 Å². The first-order chi connectivity index (χ1) is 15.0. The summed E-state index contributed by atoms with van der Waals surface area (Å²) in [5.41, 5.74) is 8.93. The molecule has 0 bridgehead atoms. The molecule has 1 aliphatic rings. The molecule has 0 radical (unpaired) electrons. The number of benzene rings is 1. The van der Waals surface area contributed by atoms with Crippen LogP contribution in [0.1, 0.15) is 63.4 Å². The van der Waals surface area contributed by atoms with Crippen molar-refractivity contribution in [3.05, 3.63) is 41.1 Å². The number of fused-ring (bicyclic) bond motifs is 1. The molecule has 1 atom stereocenters. The fourth-order valence-corrected chi connectivity index (χ4v) is 3.79. The minimum atomic E-state index is -1.11. The molecular weight excluding hydrogens is 412 g/mol. The summed E-state index contributed by atoms with van der Waals surface area (Å²) in [5, 5.41) is 13.7. The number of carbonyl (C=O) groups is 2. The molecule has 0 spiro atoms. The fourth-order valence-electron chi connectivity index (χ4n) is 3.79. The molecule has 3 rings (SSSR count). The van der Waals surface area contributed by atoms with E-state index in [2.05, 4.69) is 18.9 Å². The number of rotatable bonds is 6. The molecule has 0 saturated carbocycles. The van der Waals surface area contributed by atoms with E-state index in [1.807, 2.05) is 24.3 Å². The van der Waals surface area contributed by atoms with Crippen molar-refractivity contribution >= 4 is 12.1 Å². The van der Waals surface area contributed by atoms with Gasteiger partial charge >= 0.3 is 12.1 Å². The summed E-state index contributed by atoms with van der Waals surface area (Å²) >= 11 is 0. The first-order valence-electron chi connectivity index (χ1n) is 10.8. The lowest BCUT2D eigenvalue weighted by atomic mass is 9.98. The summed E-state index contributed by atoms with van der Waals surface area (Å²) in [5.74, 6) is -0.549. The van der Waals surface area contributed by atoms with Crippen LogP contribution in [0.2, 0.25) is 0 Å². The predicted molar refractivity (Wildman–Crippen MR) is 119 cm³/mol. The second kappa shape index (κ2) is 9.20. The van der Waals surface area contributed by atoms with Gasteiger partial charge in [0.2, 0.25) is 5.88 Å². The number of ether oxygens (including phenoxy) is 2. The van der Waals surface area contributed by atoms with Crippen molar-refractivity contribution in [1.82, 2.24) is 14.7 Å². The molecule has 0 unspecified atom stereocenters.